The van der Waals surface area contributed by atoms with E-state index in [1.165, 1.54) is 38.6 Å². The van der Waals surface area contributed by atoms with E-state index in [0.29, 0.717) is 66.5 Å². The SMILES string of the molecule is CCC1(C=C2OC(=O)C3=C2CC[C@@H]2[C@@H]3[C@]34CC[C@H]2C2=C3C(=O)OC4=CC[C@@H](CCCCO)[C@H](O)SSCNc3cc(ccn3)[C@@H]2CN2C(=O)C=CC2=O)CCCC1. The summed E-state index contributed by atoms with van der Waals surface area (Å²) in [6.45, 7) is 2.33. The molecule has 0 radical (unpaired) electrons. The molecule has 9 aliphatic rings. The first-order valence-corrected chi connectivity index (χ1v) is 23.2. The van der Waals surface area contributed by atoms with E-state index in [1.54, 1.807) is 6.20 Å². The number of allylic oxidation sites excluding steroid dienone is 4. The number of fused-ring (bicyclic) bond motifs is 3. The molecule has 1 aromatic heterocycles. The van der Waals surface area contributed by atoms with Crippen LogP contribution >= 0.6 is 21.6 Å². The molecule has 5 heterocycles. The molecule has 3 N–H and O–H groups in total. The van der Waals surface area contributed by atoms with Crippen molar-refractivity contribution in [2.24, 2.45) is 34.5 Å². The molecule has 1 spiro atoms. The fourth-order valence-electron chi connectivity index (χ4n) is 11.7. The minimum Gasteiger partial charge on any atom is -0.427 e. The minimum absolute atomic E-state index is 0.00399. The van der Waals surface area contributed by atoms with Gasteiger partial charge in [0.05, 0.1) is 16.9 Å². The highest BCUT2D eigenvalue weighted by atomic mass is 33.1. The number of hydrogen-bond acceptors (Lipinski definition) is 12. The highest BCUT2D eigenvalue weighted by Gasteiger charge is 2.69. The van der Waals surface area contributed by atoms with Crippen LogP contribution in [0.25, 0.3) is 0 Å². The highest BCUT2D eigenvalue weighted by molar-refractivity contribution is 8.76. The number of ether oxygens (including phenoxy) is 2. The van der Waals surface area contributed by atoms with Crippen molar-refractivity contribution >= 4 is 51.2 Å². The predicted octanol–water partition coefficient (Wildman–Crippen LogP) is 7.22. The summed E-state index contributed by atoms with van der Waals surface area (Å²) in [5.74, 6) is -0.463. The molecule has 2 amide bonds. The number of carbonyl (C=O) groups excluding carboxylic acids is 4. The molecule has 11 nitrogen and oxygen atoms in total. The maximum Gasteiger partial charge on any atom is 0.340 e. The van der Waals surface area contributed by atoms with Crippen molar-refractivity contribution in [1.29, 1.82) is 0 Å². The van der Waals surface area contributed by atoms with Crippen LogP contribution < -0.4 is 5.32 Å². The molecule has 13 heteroatoms. The Bertz CT molecular complexity index is 2010. The van der Waals surface area contributed by atoms with Crippen LogP contribution in [0.1, 0.15) is 102 Å². The lowest BCUT2D eigenvalue weighted by Gasteiger charge is -2.57. The van der Waals surface area contributed by atoms with Crippen molar-refractivity contribution in [2.45, 2.75) is 102 Å². The van der Waals surface area contributed by atoms with E-state index in [9.17, 15) is 29.4 Å². The van der Waals surface area contributed by atoms with Gasteiger partial charge in [-0.15, -0.1) is 0 Å². The lowest BCUT2D eigenvalue weighted by atomic mass is 9.43. The fraction of sp³-hybridized carbons (Fsp3) is 0.568. The van der Waals surface area contributed by atoms with E-state index in [-0.39, 0.29) is 60.0 Å². The smallest absolute Gasteiger partial charge is 0.340 e. The second kappa shape index (κ2) is 15.5. The first kappa shape index (κ1) is 38.8. The molecule has 7 bridgehead atoms. The molecule has 3 fully saturated rings. The number of esters is 2. The molecule has 2 saturated carbocycles. The number of unbranched alkanes of at least 4 members (excludes halogenated alkanes) is 1. The summed E-state index contributed by atoms with van der Waals surface area (Å²) < 4.78 is 12.7. The summed E-state index contributed by atoms with van der Waals surface area (Å²) in [7, 11) is 2.85. The molecule has 5 aliphatic carbocycles. The third-order valence-corrected chi connectivity index (χ3v) is 16.8. The number of hydrogen-bond donors (Lipinski definition) is 3. The summed E-state index contributed by atoms with van der Waals surface area (Å²) in [6.07, 6.45) is 19.3. The van der Waals surface area contributed by atoms with E-state index in [1.807, 2.05) is 18.2 Å². The van der Waals surface area contributed by atoms with Crippen molar-refractivity contribution in [1.82, 2.24) is 9.88 Å². The third-order valence-electron chi connectivity index (χ3n) is 14.4. The number of pyridine rings is 1. The number of aromatic nitrogens is 1. The summed E-state index contributed by atoms with van der Waals surface area (Å²) >= 11 is 0. The standard InChI is InChI=1S/C44H51N3O8S2/c1-2-43(16-4-5-17-43)22-31-29-10-9-28-27-14-18-44(38(28)37(29)40(51)54-31)32-11-8-25(7-3-6-20-48)42(53)57-56-24-46-33-21-26(15-19-45-33)30(36(27)39(44)41(52)55-32)23-47-34(49)12-13-35(47)50/h11-13,15,19,21-22,25,27-28,30,38,42,48,53H,2-10,14,16-18,20,23-24H2,1H3,(H,45,46)/t25-,27-,28+,30+,38+,42-,44-/m1/s1. The number of carbonyl (C=O) groups is 4. The summed E-state index contributed by atoms with van der Waals surface area (Å²) in [5.41, 5.74) is 2.20. The number of imide groups is 1. The molecule has 1 saturated heterocycles. The van der Waals surface area contributed by atoms with Crippen LogP contribution in [0.15, 0.2) is 76.4 Å². The first-order chi connectivity index (χ1) is 27.7. The Morgan fingerprint density at radius 3 is 2.63 bits per heavy atom. The molecule has 7 atom stereocenters. The first-order valence-electron chi connectivity index (χ1n) is 20.8. The van der Waals surface area contributed by atoms with Gasteiger partial charge in [-0.2, -0.15) is 0 Å². The van der Waals surface area contributed by atoms with Gasteiger partial charge in [0.15, 0.2) is 0 Å². The predicted molar refractivity (Wildman–Crippen MR) is 217 cm³/mol. The number of anilines is 1. The largest absolute Gasteiger partial charge is 0.427 e. The summed E-state index contributed by atoms with van der Waals surface area (Å²) in [5, 5.41) is 24.5. The summed E-state index contributed by atoms with van der Waals surface area (Å²) in [6, 6.07) is 3.83. The number of aliphatic hydroxyl groups is 2. The zero-order valence-electron chi connectivity index (χ0n) is 32.4. The van der Waals surface area contributed by atoms with Crippen molar-refractivity contribution in [3.05, 3.63) is 82.0 Å². The van der Waals surface area contributed by atoms with E-state index >= 15 is 0 Å². The normalized spacial score (nSPS) is 33.8. The van der Waals surface area contributed by atoms with Crippen LogP contribution in [0, 0.1) is 34.5 Å². The van der Waals surface area contributed by atoms with Crippen LogP contribution in [0.2, 0.25) is 0 Å². The topological polar surface area (TPSA) is 155 Å². The zero-order valence-corrected chi connectivity index (χ0v) is 34.0. The monoisotopic (exact) mass is 813 g/mol. The molecule has 302 valence electrons. The number of rotatable bonds is 8. The van der Waals surface area contributed by atoms with Crippen molar-refractivity contribution < 1.29 is 38.9 Å². The Labute approximate surface area is 341 Å². The van der Waals surface area contributed by atoms with Gasteiger partial charge in [-0.3, -0.25) is 14.5 Å². The Hall–Kier alpha value is -3.65. The highest BCUT2D eigenvalue weighted by Crippen LogP contribution is 2.72. The van der Waals surface area contributed by atoms with Gasteiger partial charge >= 0.3 is 11.9 Å². The van der Waals surface area contributed by atoms with E-state index in [4.69, 9.17) is 9.47 Å². The quantitative estimate of drug-likeness (QED) is 0.105. The molecular formula is C44H51N3O8S2. The fourth-order valence-corrected chi connectivity index (χ4v) is 13.8. The molecule has 0 aromatic carbocycles. The number of amides is 2. The van der Waals surface area contributed by atoms with Gasteiger partial charge in [0.1, 0.15) is 22.8 Å². The van der Waals surface area contributed by atoms with Crippen LogP contribution in [-0.2, 0) is 28.7 Å². The van der Waals surface area contributed by atoms with Crippen molar-refractivity contribution in [3.8, 4) is 0 Å². The van der Waals surface area contributed by atoms with Crippen molar-refractivity contribution in [2.75, 3.05) is 24.3 Å². The van der Waals surface area contributed by atoms with Crippen LogP contribution in [0.4, 0.5) is 5.82 Å². The van der Waals surface area contributed by atoms with Gasteiger partial charge in [0.25, 0.3) is 11.8 Å². The van der Waals surface area contributed by atoms with E-state index in [2.05, 4.69) is 23.3 Å². The van der Waals surface area contributed by atoms with Gasteiger partial charge in [0, 0.05) is 54.5 Å². The average Bonchev–Trinajstić information content (AvgIpc) is 3.98. The van der Waals surface area contributed by atoms with Gasteiger partial charge in [0.2, 0.25) is 0 Å². The minimum atomic E-state index is -0.972. The molecule has 1 aromatic rings. The lowest BCUT2D eigenvalue weighted by Crippen LogP contribution is -2.53. The Morgan fingerprint density at radius 2 is 1.86 bits per heavy atom. The second-order valence-electron chi connectivity index (χ2n) is 17.1. The maximum atomic E-state index is 14.8. The van der Waals surface area contributed by atoms with E-state index in [0.717, 1.165) is 68.1 Å². The molecule has 57 heavy (non-hydrogen) atoms. The van der Waals surface area contributed by atoms with Gasteiger partial charge in [-0.1, -0.05) is 47.8 Å². The zero-order chi connectivity index (χ0) is 39.5. The Balaban J connectivity index is 1.25. The molecule has 0 unspecified atom stereocenters. The molecule has 4 aliphatic heterocycles. The second-order valence-corrected chi connectivity index (χ2v) is 19.6. The van der Waals surface area contributed by atoms with Crippen LogP contribution in [0.3, 0.4) is 0 Å². The van der Waals surface area contributed by atoms with Gasteiger partial charge in [-0.25, -0.2) is 14.6 Å². The number of aliphatic hydroxyl groups excluding tert-OH is 2. The maximum absolute atomic E-state index is 14.8. The molecule has 10 rings (SSSR count). The van der Waals surface area contributed by atoms with Crippen molar-refractivity contribution in [3.63, 3.8) is 0 Å². The average molecular weight is 814 g/mol. The number of nitrogens with zero attached hydrogens (tertiary/aromatic N) is 2. The van der Waals surface area contributed by atoms with Gasteiger partial charge in [-0.05, 0) is 123 Å². The van der Waals surface area contributed by atoms with Gasteiger partial charge < -0.3 is 25.0 Å². The molecular weight excluding hydrogens is 763 g/mol. The van der Waals surface area contributed by atoms with Crippen LogP contribution in [0.5, 0.6) is 0 Å². The van der Waals surface area contributed by atoms with Crippen LogP contribution in [-0.4, -0.2) is 68.3 Å². The Kier molecular flexibility index (Phi) is 10.6. The lowest BCUT2D eigenvalue weighted by molar-refractivity contribution is -0.137. The number of cyclic esters (lactones) is 1. The Morgan fingerprint density at radius 1 is 1.05 bits per heavy atom. The van der Waals surface area contributed by atoms with E-state index < -0.39 is 22.7 Å². The number of nitrogens with one attached hydrogen (secondary N) is 1. The third kappa shape index (κ3) is 6.55. The summed E-state index contributed by atoms with van der Waals surface area (Å²) in [4.78, 5) is 61.4.